The second kappa shape index (κ2) is 6.02. The van der Waals surface area contributed by atoms with Gasteiger partial charge in [0.1, 0.15) is 5.82 Å². The third-order valence-corrected chi connectivity index (χ3v) is 2.92. The molecule has 0 aliphatic carbocycles. The first-order chi connectivity index (χ1) is 7.17. The predicted molar refractivity (Wildman–Crippen MR) is 63.4 cm³/mol. The minimum Gasteiger partial charge on any atom is -0.396 e. The van der Waals surface area contributed by atoms with Gasteiger partial charge in [-0.15, -0.1) is 0 Å². The smallest absolute Gasteiger partial charge is 0.202 e. The van der Waals surface area contributed by atoms with E-state index in [4.69, 9.17) is 5.11 Å². The molecule has 1 unspecified atom stereocenters. The highest BCUT2D eigenvalue weighted by molar-refractivity contribution is 7.09. The SMILES string of the molecule is CCC(CCO)Nc1nc(C(C)C)ns1. The third-order valence-electron chi connectivity index (χ3n) is 2.26. The summed E-state index contributed by atoms with van der Waals surface area (Å²) < 4.78 is 4.27. The second-order valence-corrected chi connectivity index (χ2v) is 4.63. The van der Waals surface area contributed by atoms with Gasteiger partial charge in [0.05, 0.1) is 0 Å². The summed E-state index contributed by atoms with van der Waals surface area (Å²) in [6, 6.07) is 0.294. The van der Waals surface area contributed by atoms with Crippen LogP contribution in [0.25, 0.3) is 0 Å². The zero-order valence-electron chi connectivity index (χ0n) is 9.53. The average molecular weight is 229 g/mol. The first-order valence-electron chi connectivity index (χ1n) is 5.38. The Hall–Kier alpha value is -0.680. The molecule has 1 atom stereocenters. The summed E-state index contributed by atoms with van der Waals surface area (Å²) in [5.41, 5.74) is 0. The van der Waals surface area contributed by atoms with Gasteiger partial charge < -0.3 is 10.4 Å². The summed E-state index contributed by atoms with van der Waals surface area (Å²) in [7, 11) is 0. The van der Waals surface area contributed by atoms with Crippen molar-refractivity contribution in [3.63, 3.8) is 0 Å². The normalized spacial score (nSPS) is 13.1. The van der Waals surface area contributed by atoms with Crippen molar-refractivity contribution in [2.24, 2.45) is 0 Å². The Morgan fingerprint density at radius 2 is 2.20 bits per heavy atom. The first kappa shape index (κ1) is 12.4. The van der Waals surface area contributed by atoms with E-state index in [9.17, 15) is 0 Å². The number of rotatable bonds is 6. The lowest BCUT2D eigenvalue weighted by atomic mass is 10.2. The molecule has 4 nitrogen and oxygen atoms in total. The molecular weight excluding hydrogens is 210 g/mol. The molecule has 1 rings (SSSR count). The molecule has 0 spiro atoms. The number of aromatic nitrogens is 2. The monoisotopic (exact) mass is 229 g/mol. The molecular formula is C10H19N3OS. The van der Waals surface area contributed by atoms with Gasteiger partial charge in [0.15, 0.2) is 0 Å². The quantitative estimate of drug-likeness (QED) is 0.785. The van der Waals surface area contributed by atoms with Gasteiger partial charge in [0, 0.05) is 30.1 Å². The highest BCUT2D eigenvalue weighted by Crippen LogP contribution is 2.19. The van der Waals surface area contributed by atoms with Crippen LogP contribution in [-0.2, 0) is 0 Å². The molecule has 15 heavy (non-hydrogen) atoms. The van der Waals surface area contributed by atoms with Crippen molar-refractivity contribution < 1.29 is 5.11 Å². The molecule has 5 heteroatoms. The third kappa shape index (κ3) is 3.76. The van der Waals surface area contributed by atoms with Gasteiger partial charge in [-0.05, 0) is 12.8 Å². The predicted octanol–water partition coefficient (Wildman–Crippen LogP) is 2.23. The van der Waals surface area contributed by atoms with Gasteiger partial charge in [-0.3, -0.25) is 0 Å². The molecule has 1 aromatic heterocycles. The van der Waals surface area contributed by atoms with Crippen molar-refractivity contribution in [2.75, 3.05) is 11.9 Å². The number of hydrogen-bond acceptors (Lipinski definition) is 5. The van der Waals surface area contributed by atoms with Crippen molar-refractivity contribution in [1.29, 1.82) is 0 Å². The Balaban J connectivity index is 2.55. The lowest BCUT2D eigenvalue weighted by molar-refractivity contribution is 0.278. The Bertz CT molecular complexity index is 288. The Morgan fingerprint density at radius 3 is 2.67 bits per heavy atom. The number of aliphatic hydroxyl groups excluding tert-OH is 1. The summed E-state index contributed by atoms with van der Waals surface area (Å²) in [6.45, 7) is 6.47. The maximum absolute atomic E-state index is 8.87. The summed E-state index contributed by atoms with van der Waals surface area (Å²) in [4.78, 5) is 4.39. The van der Waals surface area contributed by atoms with E-state index in [1.165, 1.54) is 11.5 Å². The molecule has 0 bridgehead atoms. The van der Waals surface area contributed by atoms with E-state index in [1.807, 2.05) is 0 Å². The zero-order chi connectivity index (χ0) is 11.3. The van der Waals surface area contributed by atoms with Crippen LogP contribution in [0.1, 0.15) is 45.4 Å². The molecule has 0 aromatic carbocycles. The molecule has 1 aromatic rings. The largest absolute Gasteiger partial charge is 0.396 e. The Labute approximate surface area is 94.9 Å². The fraction of sp³-hybridized carbons (Fsp3) is 0.800. The molecule has 0 aliphatic heterocycles. The zero-order valence-corrected chi connectivity index (χ0v) is 10.3. The van der Waals surface area contributed by atoms with E-state index in [0.29, 0.717) is 12.0 Å². The van der Waals surface area contributed by atoms with Gasteiger partial charge in [0.2, 0.25) is 5.13 Å². The standard InChI is InChI=1S/C10H19N3OS/c1-4-8(5-6-14)11-10-12-9(7(2)3)13-15-10/h7-8,14H,4-6H2,1-3H3,(H,11,12,13). The highest BCUT2D eigenvalue weighted by atomic mass is 32.1. The maximum Gasteiger partial charge on any atom is 0.202 e. The number of hydrogen-bond donors (Lipinski definition) is 2. The first-order valence-corrected chi connectivity index (χ1v) is 6.15. The van der Waals surface area contributed by atoms with Gasteiger partial charge in [-0.25, -0.2) is 4.98 Å². The van der Waals surface area contributed by atoms with E-state index in [0.717, 1.165) is 23.8 Å². The molecule has 2 N–H and O–H groups in total. The lowest BCUT2D eigenvalue weighted by Gasteiger charge is -2.13. The van der Waals surface area contributed by atoms with E-state index < -0.39 is 0 Å². The van der Waals surface area contributed by atoms with Crippen molar-refractivity contribution in [3.05, 3.63) is 5.82 Å². The second-order valence-electron chi connectivity index (χ2n) is 3.87. The molecule has 0 aliphatic rings. The number of nitrogens with one attached hydrogen (secondary N) is 1. The van der Waals surface area contributed by atoms with Crippen LogP contribution in [0.5, 0.6) is 0 Å². The number of nitrogens with zero attached hydrogens (tertiary/aromatic N) is 2. The Kier molecular flexibility index (Phi) is 4.98. The van der Waals surface area contributed by atoms with Crippen LogP contribution >= 0.6 is 11.5 Å². The van der Waals surface area contributed by atoms with Crippen molar-refractivity contribution in [2.45, 2.75) is 45.6 Å². The van der Waals surface area contributed by atoms with E-state index >= 15 is 0 Å². The van der Waals surface area contributed by atoms with Crippen molar-refractivity contribution >= 4 is 16.7 Å². The molecule has 86 valence electrons. The molecule has 0 radical (unpaired) electrons. The average Bonchev–Trinajstić information content (AvgIpc) is 2.65. The van der Waals surface area contributed by atoms with Crippen LogP contribution in [0.2, 0.25) is 0 Å². The minimum atomic E-state index is 0.210. The summed E-state index contributed by atoms with van der Waals surface area (Å²) in [5, 5.41) is 13.0. The minimum absolute atomic E-state index is 0.210. The highest BCUT2D eigenvalue weighted by Gasteiger charge is 2.11. The van der Waals surface area contributed by atoms with Crippen molar-refractivity contribution in [1.82, 2.24) is 9.36 Å². The van der Waals surface area contributed by atoms with Gasteiger partial charge in [-0.1, -0.05) is 20.8 Å². The molecule has 0 saturated heterocycles. The van der Waals surface area contributed by atoms with Crippen LogP contribution in [0.15, 0.2) is 0 Å². The maximum atomic E-state index is 8.87. The van der Waals surface area contributed by atoms with Crippen LogP contribution < -0.4 is 5.32 Å². The molecule has 0 saturated carbocycles. The van der Waals surface area contributed by atoms with Crippen LogP contribution in [-0.4, -0.2) is 27.1 Å². The van der Waals surface area contributed by atoms with Crippen molar-refractivity contribution in [3.8, 4) is 0 Å². The molecule has 1 heterocycles. The summed E-state index contributed by atoms with van der Waals surface area (Å²) in [5.74, 6) is 1.26. The Morgan fingerprint density at radius 1 is 1.47 bits per heavy atom. The lowest BCUT2D eigenvalue weighted by Crippen LogP contribution is -2.19. The van der Waals surface area contributed by atoms with E-state index in [2.05, 4.69) is 35.4 Å². The fourth-order valence-corrected chi connectivity index (χ4v) is 2.02. The molecule has 0 amide bonds. The number of aliphatic hydroxyl groups is 1. The topological polar surface area (TPSA) is 58.0 Å². The van der Waals surface area contributed by atoms with E-state index in [-0.39, 0.29) is 6.61 Å². The van der Waals surface area contributed by atoms with Gasteiger partial charge >= 0.3 is 0 Å². The van der Waals surface area contributed by atoms with Gasteiger partial charge in [0.25, 0.3) is 0 Å². The van der Waals surface area contributed by atoms with Crippen LogP contribution in [0, 0.1) is 0 Å². The fourth-order valence-electron chi connectivity index (χ4n) is 1.24. The van der Waals surface area contributed by atoms with E-state index in [1.54, 1.807) is 0 Å². The number of anilines is 1. The summed E-state index contributed by atoms with van der Waals surface area (Å²) >= 11 is 1.39. The van der Waals surface area contributed by atoms with Crippen LogP contribution in [0.4, 0.5) is 5.13 Å². The van der Waals surface area contributed by atoms with Gasteiger partial charge in [-0.2, -0.15) is 4.37 Å². The summed E-state index contributed by atoms with van der Waals surface area (Å²) in [6.07, 6.45) is 1.74. The molecule has 0 fully saturated rings. The van der Waals surface area contributed by atoms with Crippen LogP contribution in [0.3, 0.4) is 0 Å².